The van der Waals surface area contributed by atoms with E-state index < -0.39 is 38.6 Å². The fourth-order valence-corrected chi connectivity index (χ4v) is 9.38. The van der Waals surface area contributed by atoms with Gasteiger partial charge < -0.3 is 24.2 Å². The van der Waals surface area contributed by atoms with Crippen LogP contribution < -0.4 is 0 Å². The summed E-state index contributed by atoms with van der Waals surface area (Å²) in [5, 5.41) is -0.747. The summed E-state index contributed by atoms with van der Waals surface area (Å²) in [6.07, 6.45) is 8.28. The molecule has 3 amide bonds. The van der Waals surface area contributed by atoms with Crippen LogP contribution in [0.5, 0.6) is 0 Å². The van der Waals surface area contributed by atoms with E-state index in [2.05, 4.69) is 0 Å². The van der Waals surface area contributed by atoms with Crippen LogP contribution in [0, 0.1) is 17.8 Å². The molecule has 0 aromatic rings. The van der Waals surface area contributed by atoms with Crippen LogP contribution in [0.4, 0.5) is 19.2 Å². The topological polar surface area (TPSA) is 148 Å². The predicted molar refractivity (Wildman–Crippen MR) is 166 cm³/mol. The van der Waals surface area contributed by atoms with Gasteiger partial charge in [0.25, 0.3) is 0 Å². The smallest absolute Gasteiger partial charge is 0.431 e. The summed E-state index contributed by atoms with van der Waals surface area (Å²) >= 11 is 0. The molecule has 3 aliphatic carbocycles. The van der Waals surface area contributed by atoms with E-state index in [1.54, 1.807) is 14.7 Å². The highest BCUT2D eigenvalue weighted by Gasteiger charge is 2.34. The van der Waals surface area contributed by atoms with Crippen molar-refractivity contribution in [2.24, 2.45) is 17.8 Å². The molecule has 6 aliphatic rings. The Hall–Kier alpha value is -1.87. The van der Waals surface area contributed by atoms with Crippen molar-refractivity contribution in [2.45, 2.75) is 82.8 Å². The second kappa shape index (κ2) is 15.6. The zero-order valence-corrected chi connectivity index (χ0v) is 27.7. The summed E-state index contributed by atoms with van der Waals surface area (Å²) in [5.41, 5.74) is 0. The van der Waals surface area contributed by atoms with Gasteiger partial charge in [-0.25, -0.2) is 17.4 Å². The summed E-state index contributed by atoms with van der Waals surface area (Å²) in [7, 11) is -4.14. The lowest BCUT2D eigenvalue weighted by atomic mass is 10.1. The van der Waals surface area contributed by atoms with Crippen molar-refractivity contribution in [3.63, 3.8) is 0 Å². The standard InChI is InChI=1S/C21H32N2O7S2.C8H13NO2S/c24-19(31(27)13-15-1-2-15)22-9-5-17(6-10-22)29-21(26)30-18-7-11-23(12-8-18)20(25)32(28)14-16-3-4-16;10-8(9-4-1-5-9)12(11)6-7-2-3-7/h15-18H,1-14H2;7H,1-6H2. The van der Waals surface area contributed by atoms with Gasteiger partial charge in [0.05, 0.1) is 0 Å². The van der Waals surface area contributed by atoms with Gasteiger partial charge in [-0.2, -0.15) is 0 Å². The molecule has 3 heterocycles. The largest absolute Gasteiger partial charge is 0.508 e. The van der Waals surface area contributed by atoms with Crippen molar-refractivity contribution in [2.75, 3.05) is 56.5 Å². The first-order valence-electron chi connectivity index (χ1n) is 16.0. The zero-order valence-electron chi connectivity index (χ0n) is 25.3. The third kappa shape index (κ3) is 10.3. The molecule has 44 heavy (non-hydrogen) atoms. The first-order valence-corrected chi connectivity index (χ1v) is 20.0. The Morgan fingerprint density at radius 3 is 1.02 bits per heavy atom. The third-order valence-corrected chi connectivity index (χ3v) is 13.1. The molecule has 0 N–H and O–H groups in total. The van der Waals surface area contributed by atoms with Crippen molar-refractivity contribution in [1.29, 1.82) is 0 Å². The molecule has 3 saturated carbocycles. The quantitative estimate of drug-likeness (QED) is 0.352. The first-order chi connectivity index (χ1) is 21.2. The molecule has 3 saturated heterocycles. The average Bonchev–Trinajstić information content (AvgIpc) is 3.82. The van der Waals surface area contributed by atoms with Crippen molar-refractivity contribution in [3.05, 3.63) is 0 Å². The highest BCUT2D eigenvalue weighted by Crippen LogP contribution is 2.32. The summed E-state index contributed by atoms with van der Waals surface area (Å²) in [6.45, 7) is 3.32. The molecule has 3 atom stereocenters. The highest BCUT2D eigenvalue weighted by atomic mass is 32.2. The molecule has 6 rings (SSSR count). The second-order valence-corrected chi connectivity index (χ2v) is 17.0. The van der Waals surface area contributed by atoms with Gasteiger partial charge in [0.2, 0.25) is 0 Å². The fraction of sp³-hybridized carbons (Fsp3) is 0.862. The average molecular weight is 676 g/mol. The normalized spacial score (nSPS) is 24.7. The van der Waals surface area contributed by atoms with E-state index in [1.165, 1.54) is 12.8 Å². The monoisotopic (exact) mass is 675 g/mol. The second-order valence-electron chi connectivity index (χ2n) is 12.9. The lowest BCUT2D eigenvalue weighted by Crippen LogP contribution is -2.44. The predicted octanol–water partition coefficient (Wildman–Crippen LogP) is 3.60. The summed E-state index contributed by atoms with van der Waals surface area (Å²) in [4.78, 5) is 52.9. The van der Waals surface area contributed by atoms with Crippen LogP contribution in [0.3, 0.4) is 0 Å². The van der Waals surface area contributed by atoms with Crippen LogP contribution in [-0.2, 0) is 41.9 Å². The number of likely N-dealkylation sites (tertiary alicyclic amines) is 3. The van der Waals surface area contributed by atoms with E-state index in [1.807, 2.05) is 0 Å². The number of rotatable bonds is 8. The number of ether oxygens (including phenoxy) is 2. The summed E-state index contributed by atoms with van der Waals surface area (Å²) in [6, 6.07) is 0. The first kappa shape index (κ1) is 33.5. The molecule has 248 valence electrons. The molecule has 0 aromatic heterocycles. The molecule has 0 spiro atoms. The van der Waals surface area contributed by atoms with Crippen molar-refractivity contribution in [3.8, 4) is 0 Å². The zero-order chi connectivity index (χ0) is 31.2. The fourth-order valence-electron chi connectivity index (χ4n) is 5.25. The maximum atomic E-state index is 12.3. The minimum Gasteiger partial charge on any atom is -0.431 e. The third-order valence-electron chi connectivity index (χ3n) is 8.88. The molecule has 12 nitrogen and oxygen atoms in total. The van der Waals surface area contributed by atoms with Gasteiger partial charge in [0.15, 0.2) is 0 Å². The Labute approximate surface area is 266 Å². The van der Waals surface area contributed by atoms with E-state index in [4.69, 9.17) is 9.47 Å². The van der Waals surface area contributed by atoms with Crippen LogP contribution in [0.25, 0.3) is 0 Å². The molecule has 3 aliphatic heterocycles. The molecular weight excluding hydrogens is 631 g/mol. The lowest BCUT2D eigenvalue weighted by Gasteiger charge is -2.33. The minimum atomic E-state index is -1.46. The molecule has 0 bridgehead atoms. The van der Waals surface area contributed by atoms with Gasteiger partial charge >= 0.3 is 21.9 Å². The van der Waals surface area contributed by atoms with Crippen molar-refractivity contribution >= 4 is 54.3 Å². The summed E-state index contributed by atoms with van der Waals surface area (Å²) in [5.74, 6) is 2.98. The van der Waals surface area contributed by atoms with E-state index in [0.717, 1.165) is 45.2 Å². The highest BCUT2D eigenvalue weighted by molar-refractivity contribution is 8.00. The van der Waals surface area contributed by atoms with E-state index in [0.29, 0.717) is 86.9 Å². The molecule has 3 unspecified atom stereocenters. The van der Waals surface area contributed by atoms with Gasteiger partial charge in [-0.15, -0.1) is 0 Å². The van der Waals surface area contributed by atoms with Gasteiger partial charge in [-0.3, -0.25) is 14.4 Å². The van der Waals surface area contributed by atoms with E-state index in [9.17, 15) is 31.8 Å². The van der Waals surface area contributed by atoms with Gasteiger partial charge in [-0.05, 0) is 62.7 Å². The maximum Gasteiger partial charge on any atom is 0.508 e. The molecule has 0 radical (unpaired) electrons. The van der Waals surface area contributed by atoms with E-state index in [-0.39, 0.29) is 27.9 Å². The summed E-state index contributed by atoms with van der Waals surface area (Å²) < 4.78 is 46.4. The van der Waals surface area contributed by atoms with Gasteiger partial charge in [0.1, 0.15) is 44.6 Å². The van der Waals surface area contributed by atoms with Crippen LogP contribution >= 0.6 is 0 Å². The Kier molecular flexibility index (Phi) is 11.9. The van der Waals surface area contributed by atoms with Crippen LogP contribution in [0.2, 0.25) is 0 Å². The Balaban J connectivity index is 0.000000266. The molecule has 0 aromatic carbocycles. The van der Waals surface area contributed by atoms with Crippen LogP contribution in [0.1, 0.15) is 70.6 Å². The number of carbonyl (C=O) groups is 4. The van der Waals surface area contributed by atoms with Gasteiger partial charge in [0, 0.05) is 82.2 Å². The van der Waals surface area contributed by atoms with E-state index >= 15 is 0 Å². The maximum absolute atomic E-state index is 12.3. The van der Waals surface area contributed by atoms with Gasteiger partial charge in [-0.1, -0.05) is 0 Å². The number of hydrogen-bond acceptors (Lipinski definition) is 9. The Morgan fingerprint density at radius 1 is 0.477 bits per heavy atom. The minimum absolute atomic E-state index is 0.131. The van der Waals surface area contributed by atoms with Crippen molar-refractivity contribution in [1.82, 2.24) is 14.7 Å². The lowest BCUT2D eigenvalue weighted by molar-refractivity contribution is -0.0257. The Morgan fingerprint density at radius 2 is 0.773 bits per heavy atom. The van der Waals surface area contributed by atoms with Crippen LogP contribution in [0.15, 0.2) is 0 Å². The number of amides is 3. The Bertz CT molecular complexity index is 1080. The number of hydrogen-bond donors (Lipinski definition) is 0. The molecule has 15 heteroatoms. The molecule has 6 fully saturated rings. The van der Waals surface area contributed by atoms with Crippen LogP contribution in [-0.4, -0.2) is 118 Å². The number of nitrogens with zero attached hydrogens (tertiary/aromatic N) is 3. The van der Waals surface area contributed by atoms with Crippen molar-refractivity contribution < 1.29 is 41.3 Å². The number of piperidine rings is 2. The number of carbonyl (C=O) groups excluding carboxylic acids is 4. The SMILES string of the molecule is O=C(N1CCC1)S(=O)CC1CC1.O=C(OC1CCN(C(=O)S(=O)CC2CC2)CC1)OC1CCN(C(=O)S(=O)CC2CC2)CC1. The molecular formula is C29H45N3O9S3.